The summed E-state index contributed by atoms with van der Waals surface area (Å²) >= 11 is 1.73. The van der Waals surface area contributed by atoms with Crippen molar-refractivity contribution in [1.82, 2.24) is 19.5 Å². The lowest BCUT2D eigenvalue weighted by molar-refractivity contribution is -0.146. The fraction of sp³-hybridized carbons (Fsp3) is 0.333. The van der Waals surface area contributed by atoms with Gasteiger partial charge in [0.1, 0.15) is 17.5 Å². The van der Waals surface area contributed by atoms with Crippen molar-refractivity contribution in [3.8, 4) is 22.8 Å². The van der Waals surface area contributed by atoms with Gasteiger partial charge in [-0.15, -0.1) is 11.8 Å². The molecule has 0 radical (unpaired) electrons. The van der Waals surface area contributed by atoms with Crippen molar-refractivity contribution in [2.24, 2.45) is 5.41 Å². The molecule has 5 aromatic rings. The van der Waals surface area contributed by atoms with E-state index in [-0.39, 0.29) is 10.9 Å². The molecular weight excluding hydrogens is 584 g/mol. The summed E-state index contributed by atoms with van der Waals surface area (Å²) in [6, 6.07) is 20.0. The van der Waals surface area contributed by atoms with Crippen molar-refractivity contribution in [2.75, 3.05) is 7.11 Å². The first-order chi connectivity index (χ1) is 21.3. The van der Waals surface area contributed by atoms with Gasteiger partial charge >= 0.3 is 5.97 Å². The monoisotopic (exact) mass is 624 g/mol. The zero-order valence-corrected chi connectivity index (χ0v) is 27.7. The van der Waals surface area contributed by atoms with E-state index in [4.69, 9.17) is 14.5 Å². The van der Waals surface area contributed by atoms with Crippen LogP contribution in [0.2, 0.25) is 0 Å². The van der Waals surface area contributed by atoms with Crippen LogP contribution in [0.25, 0.3) is 22.2 Å². The Balaban J connectivity index is 1.59. The normalized spacial score (nSPS) is 12.7. The summed E-state index contributed by atoms with van der Waals surface area (Å²) in [4.78, 5) is 27.1. The van der Waals surface area contributed by atoms with E-state index in [0.717, 1.165) is 44.0 Å². The van der Waals surface area contributed by atoms with Crippen LogP contribution in [0, 0.1) is 5.41 Å². The molecule has 0 saturated heterocycles. The van der Waals surface area contributed by atoms with Gasteiger partial charge in [0.15, 0.2) is 0 Å². The Labute approximate surface area is 268 Å². The maximum absolute atomic E-state index is 12.4. The molecule has 0 aliphatic heterocycles. The third-order valence-electron chi connectivity index (χ3n) is 7.52. The summed E-state index contributed by atoms with van der Waals surface area (Å²) in [6.45, 7) is 12.5. The van der Waals surface area contributed by atoms with Gasteiger partial charge in [0.05, 0.1) is 24.4 Å². The van der Waals surface area contributed by atoms with Crippen LogP contribution in [-0.4, -0.2) is 42.5 Å². The van der Waals surface area contributed by atoms with E-state index >= 15 is 0 Å². The number of fused-ring (bicyclic) bond motifs is 1. The van der Waals surface area contributed by atoms with E-state index in [1.165, 1.54) is 0 Å². The van der Waals surface area contributed by atoms with Crippen LogP contribution in [0.1, 0.15) is 64.6 Å². The van der Waals surface area contributed by atoms with Gasteiger partial charge in [-0.05, 0) is 56.2 Å². The molecule has 0 aliphatic rings. The predicted octanol–water partition coefficient (Wildman–Crippen LogP) is 8.23. The molecule has 9 heteroatoms. The number of aliphatic carboxylic acids is 1. The van der Waals surface area contributed by atoms with Crippen molar-refractivity contribution < 1.29 is 19.4 Å². The Kier molecular flexibility index (Phi) is 9.20. The third-order valence-corrected chi connectivity index (χ3v) is 8.79. The van der Waals surface area contributed by atoms with E-state index in [1.54, 1.807) is 51.3 Å². The van der Waals surface area contributed by atoms with Crippen LogP contribution in [0.5, 0.6) is 11.6 Å². The fourth-order valence-corrected chi connectivity index (χ4v) is 6.26. The molecule has 0 saturated carbocycles. The molecule has 5 rings (SSSR count). The smallest absolute Gasteiger partial charge is 0.309 e. The van der Waals surface area contributed by atoms with Gasteiger partial charge in [-0.3, -0.25) is 9.78 Å². The summed E-state index contributed by atoms with van der Waals surface area (Å²) < 4.78 is 13.6. The summed E-state index contributed by atoms with van der Waals surface area (Å²) in [5, 5.41) is 11.1. The van der Waals surface area contributed by atoms with Gasteiger partial charge in [0.25, 0.3) is 0 Å². The van der Waals surface area contributed by atoms with Crippen LogP contribution >= 0.6 is 11.8 Å². The first kappa shape index (κ1) is 32.0. The van der Waals surface area contributed by atoms with Gasteiger partial charge in [0.2, 0.25) is 5.88 Å². The number of pyridine rings is 3. The van der Waals surface area contributed by atoms with Gasteiger partial charge in [-0.1, -0.05) is 51.1 Å². The number of aromatic nitrogens is 4. The Morgan fingerprint density at radius 2 is 1.69 bits per heavy atom. The number of nitrogens with zero attached hydrogens (tertiary/aromatic N) is 4. The van der Waals surface area contributed by atoms with Crippen LogP contribution in [0.15, 0.2) is 84.1 Å². The standard InChI is InChI=1S/C36H40N4O4S/c1-23(29-10-8-9-17-37-29)44-27-18-28-32(45-35(2,3)4)30(19-36(5,6)34(41)42)40(33(28)39-21-27)22-24-11-13-25(14-12-24)26-15-16-31(43-7)38-20-26/h8-18,20-21,23H,19,22H2,1-7H3,(H,41,42). The van der Waals surface area contributed by atoms with Gasteiger partial charge in [0, 0.05) is 57.7 Å². The number of rotatable bonds is 11. The van der Waals surface area contributed by atoms with Crippen LogP contribution in [-0.2, 0) is 17.8 Å². The number of methoxy groups -OCH3 is 1. The number of carboxylic acids is 1. The lowest BCUT2D eigenvalue weighted by atomic mass is 9.88. The lowest BCUT2D eigenvalue weighted by Crippen LogP contribution is -2.28. The first-order valence-electron chi connectivity index (χ1n) is 14.9. The van der Waals surface area contributed by atoms with Gasteiger partial charge in [-0.25, -0.2) is 9.97 Å². The van der Waals surface area contributed by atoms with E-state index in [9.17, 15) is 9.90 Å². The molecule has 1 aromatic carbocycles. The van der Waals surface area contributed by atoms with Crippen molar-refractivity contribution in [3.05, 3.63) is 96.2 Å². The SMILES string of the molecule is COc1ccc(-c2ccc(Cn3c(CC(C)(C)C(=O)O)c(SC(C)(C)C)c4cc(OC(C)c5ccccn5)cnc43)cc2)cn1. The molecule has 1 N–H and O–H groups in total. The largest absolute Gasteiger partial charge is 0.483 e. The number of thioether (sulfide) groups is 1. The third kappa shape index (κ3) is 7.48. The minimum Gasteiger partial charge on any atom is -0.483 e. The Morgan fingerprint density at radius 1 is 0.956 bits per heavy atom. The Morgan fingerprint density at radius 3 is 2.29 bits per heavy atom. The number of hydrogen-bond donors (Lipinski definition) is 1. The van der Waals surface area contributed by atoms with E-state index in [1.807, 2.05) is 43.3 Å². The summed E-state index contributed by atoms with van der Waals surface area (Å²) in [6.07, 6.45) is 5.37. The second kappa shape index (κ2) is 12.9. The van der Waals surface area contributed by atoms with Crippen molar-refractivity contribution in [3.63, 3.8) is 0 Å². The van der Waals surface area contributed by atoms with Crippen LogP contribution in [0.4, 0.5) is 0 Å². The number of carboxylic acid groups (broad SMARTS) is 1. The molecule has 234 valence electrons. The van der Waals surface area contributed by atoms with E-state index in [2.05, 4.69) is 59.6 Å². The lowest BCUT2D eigenvalue weighted by Gasteiger charge is -2.24. The Bertz CT molecular complexity index is 1780. The number of carbonyl (C=O) groups is 1. The second-order valence-corrected chi connectivity index (χ2v) is 14.6. The second-order valence-electron chi connectivity index (χ2n) is 12.8. The maximum atomic E-state index is 12.4. The zero-order valence-electron chi connectivity index (χ0n) is 26.9. The minimum absolute atomic E-state index is 0.132. The quantitative estimate of drug-likeness (QED) is 0.147. The van der Waals surface area contributed by atoms with Crippen LogP contribution in [0.3, 0.4) is 0 Å². The molecule has 4 aromatic heterocycles. The van der Waals surface area contributed by atoms with Crippen molar-refractivity contribution in [2.45, 2.75) is 70.3 Å². The highest BCUT2D eigenvalue weighted by Crippen LogP contribution is 2.44. The molecule has 45 heavy (non-hydrogen) atoms. The number of hydrogen-bond acceptors (Lipinski definition) is 7. The molecule has 0 amide bonds. The highest BCUT2D eigenvalue weighted by molar-refractivity contribution is 8.00. The molecule has 8 nitrogen and oxygen atoms in total. The Hall–Kier alpha value is -4.37. The average Bonchev–Trinajstić information content (AvgIpc) is 3.27. The topological polar surface area (TPSA) is 99.4 Å². The summed E-state index contributed by atoms with van der Waals surface area (Å²) in [5.74, 6) is 0.363. The first-order valence-corrected chi connectivity index (χ1v) is 15.8. The predicted molar refractivity (Wildman–Crippen MR) is 179 cm³/mol. The molecule has 0 aliphatic carbocycles. The molecule has 0 bridgehead atoms. The minimum atomic E-state index is -0.989. The molecule has 1 unspecified atom stereocenters. The zero-order chi connectivity index (χ0) is 32.4. The molecular formula is C36H40N4O4S. The molecule has 0 fully saturated rings. The molecule has 4 heterocycles. The average molecular weight is 625 g/mol. The molecule has 1 atom stereocenters. The van der Waals surface area contributed by atoms with Gasteiger partial charge in [-0.2, -0.15) is 0 Å². The summed E-state index contributed by atoms with van der Waals surface area (Å²) in [5.41, 5.74) is 4.70. The highest BCUT2D eigenvalue weighted by atomic mass is 32.2. The number of benzene rings is 1. The van der Waals surface area contributed by atoms with Gasteiger partial charge < -0.3 is 19.1 Å². The van der Waals surface area contributed by atoms with Crippen molar-refractivity contribution >= 4 is 28.8 Å². The molecule has 0 spiro atoms. The number of ether oxygens (including phenoxy) is 2. The maximum Gasteiger partial charge on any atom is 0.309 e. The van der Waals surface area contributed by atoms with Crippen LogP contribution < -0.4 is 9.47 Å². The van der Waals surface area contributed by atoms with E-state index < -0.39 is 11.4 Å². The highest BCUT2D eigenvalue weighted by Gasteiger charge is 2.33. The van der Waals surface area contributed by atoms with Crippen molar-refractivity contribution in [1.29, 1.82) is 0 Å². The fourth-order valence-electron chi connectivity index (χ4n) is 5.09. The van der Waals surface area contributed by atoms with E-state index in [0.29, 0.717) is 24.6 Å². The summed E-state index contributed by atoms with van der Waals surface area (Å²) in [7, 11) is 1.60.